The quantitative estimate of drug-likeness (QED) is 0.743. The van der Waals surface area contributed by atoms with Crippen LogP contribution in [0.5, 0.6) is 0 Å². The van der Waals surface area contributed by atoms with E-state index in [0.29, 0.717) is 25.5 Å². The average Bonchev–Trinajstić information content (AvgIpc) is 2.88. The van der Waals surface area contributed by atoms with Gasteiger partial charge in [0.2, 0.25) is 5.69 Å². The van der Waals surface area contributed by atoms with Crippen LogP contribution in [0.1, 0.15) is 5.69 Å². The number of nitrogens with one attached hydrogen (secondary N) is 2. The Balaban J connectivity index is 1.76. The van der Waals surface area contributed by atoms with Crippen molar-refractivity contribution in [2.75, 3.05) is 26.3 Å². The number of hydrogen-bond acceptors (Lipinski definition) is 5. The Morgan fingerprint density at radius 2 is 2.00 bits per heavy atom. The minimum absolute atomic E-state index is 0.366. The van der Waals surface area contributed by atoms with Gasteiger partial charge < -0.3 is 4.74 Å². The Kier molecular flexibility index (Phi) is 3.91. The monoisotopic (exact) mass is 277 g/mol. The molecule has 1 aliphatic rings. The van der Waals surface area contributed by atoms with Crippen LogP contribution in [0.3, 0.4) is 0 Å². The molecule has 0 amide bonds. The molecular formula is C13H17N4O3+. The summed E-state index contributed by atoms with van der Waals surface area (Å²) < 4.78 is 11.8. The van der Waals surface area contributed by atoms with Crippen LogP contribution < -0.4 is 15.7 Å². The SMILES string of the molecule is O=c1o[nH][n+](-c2ccccc2)c1CNN1CCOCC1. The van der Waals surface area contributed by atoms with E-state index < -0.39 is 0 Å². The maximum Gasteiger partial charge on any atom is 0.431 e. The zero-order valence-electron chi connectivity index (χ0n) is 11.0. The molecule has 1 aromatic carbocycles. The van der Waals surface area contributed by atoms with Gasteiger partial charge >= 0.3 is 11.3 Å². The molecule has 3 rings (SSSR count). The van der Waals surface area contributed by atoms with Gasteiger partial charge in [-0.05, 0) is 9.95 Å². The molecule has 0 aliphatic carbocycles. The summed E-state index contributed by atoms with van der Waals surface area (Å²) in [4.78, 5) is 11.8. The molecule has 20 heavy (non-hydrogen) atoms. The molecule has 0 atom stereocenters. The summed E-state index contributed by atoms with van der Waals surface area (Å²) >= 11 is 0. The number of aromatic nitrogens is 2. The van der Waals surface area contributed by atoms with E-state index in [1.807, 2.05) is 35.3 Å². The number of nitrogens with zero attached hydrogens (tertiary/aromatic N) is 2. The van der Waals surface area contributed by atoms with Gasteiger partial charge in [-0.15, -0.1) is 0 Å². The van der Waals surface area contributed by atoms with E-state index in [0.717, 1.165) is 18.8 Å². The first-order valence-electron chi connectivity index (χ1n) is 6.58. The van der Waals surface area contributed by atoms with Crippen LogP contribution in [0.2, 0.25) is 0 Å². The number of hydrogen-bond donors (Lipinski definition) is 2. The number of benzene rings is 1. The highest BCUT2D eigenvalue weighted by atomic mass is 16.5. The topological polar surface area (TPSA) is 74.4 Å². The maximum atomic E-state index is 11.8. The van der Waals surface area contributed by atoms with Gasteiger partial charge in [-0.25, -0.2) is 15.2 Å². The molecule has 0 unspecified atom stereocenters. The third-order valence-electron chi connectivity index (χ3n) is 3.23. The summed E-state index contributed by atoms with van der Waals surface area (Å²) in [5.41, 5.74) is 4.25. The zero-order chi connectivity index (χ0) is 13.8. The minimum Gasteiger partial charge on any atom is -0.379 e. The largest absolute Gasteiger partial charge is 0.431 e. The van der Waals surface area contributed by atoms with Crippen molar-refractivity contribution in [2.24, 2.45) is 0 Å². The maximum absolute atomic E-state index is 11.8. The standard InChI is InChI=1S/C13H16N4O3/c18-13-12(10-14-16-6-8-19-9-7-16)17(15-20-13)11-4-2-1-3-5-11/h1-5,14H,6-10H2/p+1. The Morgan fingerprint density at radius 1 is 1.25 bits per heavy atom. The molecule has 2 N–H and O–H groups in total. The highest BCUT2D eigenvalue weighted by molar-refractivity contribution is 5.21. The van der Waals surface area contributed by atoms with Gasteiger partial charge in [0.15, 0.2) is 0 Å². The van der Waals surface area contributed by atoms with Crippen LogP contribution in [0.25, 0.3) is 5.69 Å². The molecule has 0 spiro atoms. The fourth-order valence-electron chi connectivity index (χ4n) is 2.14. The lowest BCUT2D eigenvalue weighted by atomic mass is 10.3. The summed E-state index contributed by atoms with van der Waals surface area (Å²) in [5.74, 6) is 0. The molecule has 2 heterocycles. The molecule has 1 fully saturated rings. The van der Waals surface area contributed by atoms with Gasteiger partial charge in [0.25, 0.3) is 0 Å². The minimum atomic E-state index is -0.366. The van der Waals surface area contributed by atoms with Crippen LogP contribution in [0.4, 0.5) is 0 Å². The highest BCUT2D eigenvalue weighted by Crippen LogP contribution is 1.98. The summed E-state index contributed by atoms with van der Waals surface area (Å²) in [6.45, 7) is 3.42. The van der Waals surface area contributed by atoms with Crippen LogP contribution in [-0.2, 0) is 11.3 Å². The lowest BCUT2D eigenvalue weighted by Crippen LogP contribution is -2.48. The Labute approximate surface area is 115 Å². The molecule has 1 aromatic heterocycles. The Hall–Kier alpha value is -1.96. The van der Waals surface area contributed by atoms with Crippen molar-refractivity contribution in [3.8, 4) is 5.69 Å². The first kappa shape index (κ1) is 13.0. The molecule has 7 nitrogen and oxygen atoms in total. The van der Waals surface area contributed by atoms with Crippen LogP contribution >= 0.6 is 0 Å². The molecule has 2 aromatic rings. The molecule has 0 radical (unpaired) electrons. The fourth-order valence-corrected chi connectivity index (χ4v) is 2.14. The number of aromatic amines is 1. The Morgan fingerprint density at radius 3 is 2.75 bits per heavy atom. The number of para-hydroxylation sites is 1. The van der Waals surface area contributed by atoms with Gasteiger partial charge in [-0.2, -0.15) is 0 Å². The van der Waals surface area contributed by atoms with Gasteiger partial charge in [0.05, 0.1) is 13.2 Å². The first-order valence-corrected chi connectivity index (χ1v) is 6.58. The van der Waals surface area contributed by atoms with E-state index >= 15 is 0 Å². The molecule has 7 heteroatoms. The van der Waals surface area contributed by atoms with Crippen LogP contribution in [0.15, 0.2) is 39.6 Å². The Bertz CT molecular complexity index is 602. The van der Waals surface area contributed by atoms with Crippen molar-refractivity contribution in [3.05, 3.63) is 46.4 Å². The van der Waals surface area contributed by atoms with Crippen molar-refractivity contribution < 1.29 is 13.9 Å². The van der Waals surface area contributed by atoms with Gasteiger partial charge in [0.1, 0.15) is 6.54 Å². The van der Waals surface area contributed by atoms with Crippen LogP contribution in [0, 0.1) is 0 Å². The van der Waals surface area contributed by atoms with Crippen molar-refractivity contribution in [1.82, 2.24) is 15.7 Å². The molecule has 1 aliphatic heterocycles. The molecule has 0 bridgehead atoms. The second-order valence-electron chi connectivity index (χ2n) is 4.53. The normalized spacial score (nSPS) is 16.4. The molecule has 1 saturated heterocycles. The first-order chi connectivity index (χ1) is 9.84. The number of H-pyrrole nitrogens is 1. The number of ether oxygens (including phenoxy) is 1. The van der Waals surface area contributed by atoms with Crippen LogP contribution in [-0.4, -0.2) is 36.6 Å². The molecule has 106 valence electrons. The number of hydrazine groups is 1. The van der Waals surface area contributed by atoms with Gasteiger partial charge in [0, 0.05) is 25.2 Å². The second kappa shape index (κ2) is 6.00. The van der Waals surface area contributed by atoms with E-state index in [2.05, 4.69) is 10.7 Å². The van der Waals surface area contributed by atoms with Crippen molar-refractivity contribution >= 4 is 0 Å². The predicted octanol–water partition coefficient (Wildman–Crippen LogP) is -0.419. The lowest BCUT2D eigenvalue weighted by Gasteiger charge is -2.26. The summed E-state index contributed by atoms with van der Waals surface area (Å²) in [7, 11) is 0. The van der Waals surface area contributed by atoms with E-state index in [4.69, 9.17) is 9.26 Å². The fraction of sp³-hybridized carbons (Fsp3) is 0.385. The number of rotatable bonds is 4. The molecular weight excluding hydrogens is 260 g/mol. The van der Waals surface area contributed by atoms with Gasteiger partial charge in [-0.3, -0.25) is 4.52 Å². The van der Waals surface area contributed by atoms with Gasteiger partial charge in [-0.1, -0.05) is 18.2 Å². The average molecular weight is 277 g/mol. The van der Waals surface area contributed by atoms with Crippen molar-refractivity contribution in [1.29, 1.82) is 0 Å². The number of morpholine rings is 1. The van der Waals surface area contributed by atoms with E-state index in [1.54, 1.807) is 4.68 Å². The summed E-state index contributed by atoms with van der Waals surface area (Å²) in [5, 5.41) is 4.67. The summed E-state index contributed by atoms with van der Waals surface area (Å²) in [6, 6.07) is 9.56. The summed E-state index contributed by atoms with van der Waals surface area (Å²) in [6.07, 6.45) is 0. The van der Waals surface area contributed by atoms with E-state index in [1.165, 1.54) is 0 Å². The third kappa shape index (κ3) is 2.79. The van der Waals surface area contributed by atoms with E-state index in [-0.39, 0.29) is 5.63 Å². The molecule has 0 saturated carbocycles. The second-order valence-corrected chi connectivity index (χ2v) is 4.53. The highest BCUT2D eigenvalue weighted by Gasteiger charge is 2.23. The zero-order valence-corrected chi connectivity index (χ0v) is 11.0. The van der Waals surface area contributed by atoms with Crippen molar-refractivity contribution in [2.45, 2.75) is 6.54 Å². The predicted molar refractivity (Wildman–Crippen MR) is 70.1 cm³/mol. The lowest BCUT2D eigenvalue weighted by molar-refractivity contribution is -0.677. The smallest absolute Gasteiger partial charge is 0.379 e. The third-order valence-corrected chi connectivity index (χ3v) is 3.23. The van der Waals surface area contributed by atoms with Crippen molar-refractivity contribution in [3.63, 3.8) is 0 Å². The van der Waals surface area contributed by atoms with E-state index in [9.17, 15) is 4.79 Å².